The van der Waals surface area contributed by atoms with Crippen LogP contribution in [-0.4, -0.2) is 36.3 Å². The van der Waals surface area contributed by atoms with Gasteiger partial charge in [-0.15, -0.1) is 0 Å². The quantitative estimate of drug-likeness (QED) is 0.518. The zero-order chi connectivity index (χ0) is 14.5. The molecular formula is C16H31N3O. The molecule has 0 amide bonds. The van der Waals surface area contributed by atoms with Gasteiger partial charge in [0.1, 0.15) is 0 Å². The van der Waals surface area contributed by atoms with E-state index >= 15 is 0 Å². The third kappa shape index (κ3) is 3.87. The maximum absolute atomic E-state index is 10.4. The molecule has 0 atom stereocenters. The van der Waals surface area contributed by atoms with Crippen molar-refractivity contribution in [3.8, 4) is 0 Å². The van der Waals surface area contributed by atoms with E-state index in [0.29, 0.717) is 12.0 Å². The zero-order valence-electron chi connectivity index (χ0n) is 13.2. The number of nitrogens with zero attached hydrogens (tertiary/aromatic N) is 1. The van der Waals surface area contributed by atoms with Gasteiger partial charge in [0.2, 0.25) is 0 Å². The number of rotatable bonds is 6. The Kier molecular flexibility index (Phi) is 5.30. The summed E-state index contributed by atoms with van der Waals surface area (Å²) in [4.78, 5) is 4.75. The highest BCUT2D eigenvalue weighted by molar-refractivity contribution is 5.79. The predicted molar refractivity (Wildman–Crippen MR) is 84.0 cm³/mol. The molecule has 2 rings (SSSR count). The Morgan fingerprint density at radius 3 is 2.25 bits per heavy atom. The molecule has 2 fully saturated rings. The van der Waals surface area contributed by atoms with Gasteiger partial charge in [-0.1, -0.05) is 26.2 Å². The first-order valence-corrected chi connectivity index (χ1v) is 8.36. The maximum atomic E-state index is 10.4. The van der Waals surface area contributed by atoms with Crippen LogP contribution in [0.5, 0.6) is 0 Å². The van der Waals surface area contributed by atoms with Crippen LogP contribution in [0.1, 0.15) is 65.2 Å². The summed E-state index contributed by atoms with van der Waals surface area (Å²) in [6, 6.07) is 0. The highest BCUT2D eigenvalue weighted by Crippen LogP contribution is 2.43. The molecule has 0 spiro atoms. The van der Waals surface area contributed by atoms with Crippen molar-refractivity contribution in [2.24, 2.45) is 10.4 Å². The van der Waals surface area contributed by atoms with Crippen LogP contribution in [0.25, 0.3) is 0 Å². The van der Waals surface area contributed by atoms with Gasteiger partial charge in [0.05, 0.1) is 5.60 Å². The van der Waals surface area contributed by atoms with Crippen molar-refractivity contribution in [2.45, 2.75) is 70.8 Å². The van der Waals surface area contributed by atoms with E-state index in [2.05, 4.69) is 24.5 Å². The van der Waals surface area contributed by atoms with Gasteiger partial charge in [-0.2, -0.15) is 0 Å². The van der Waals surface area contributed by atoms with Gasteiger partial charge in [0.25, 0.3) is 0 Å². The summed E-state index contributed by atoms with van der Waals surface area (Å²) in [5, 5.41) is 17.0. The van der Waals surface area contributed by atoms with E-state index in [-0.39, 0.29) is 0 Å². The van der Waals surface area contributed by atoms with E-state index in [9.17, 15) is 5.11 Å². The van der Waals surface area contributed by atoms with Gasteiger partial charge in [0.15, 0.2) is 5.96 Å². The second kappa shape index (κ2) is 6.79. The van der Waals surface area contributed by atoms with E-state index in [4.69, 9.17) is 4.99 Å². The maximum Gasteiger partial charge on any atom is 0.191 e. The summed E-state index contributed by atoms with van der Waals surface area (Å²) >= 11 is 0. The molecule has 0 aliphatic heterocycles. The lowest BCUT2D eigenvalue weighted by Crippen LogP contribution is -2.46. The van der Waals surface area contributed by atoms with Crippen LogP contribution in [0, 0.1) is 5.41 Å². The SMILES string of the molecule is CCNC(=NCC1(CC)CCC1)NCC1(O)CCCC1. The fraction of sp³-hybridized carbons (Fsp3) is 0.938. The van der Waals surface area contributed by atoms with Crippen molar-refractivity contribution in [2.75, 3.05) is 19.6 Å². The van der Waals surface area contributed by atoms with Crippen molar-refractivity contribution in [3.63, 3.8) is 0 Å². The largest absolute Gasteiger partial charge is 0.388 e. The molecule has 20 heavy (non-hydrogen) atoms. The summed E-state index contributed by atoms with van der Waals surface area (Å²) in [6.07, 6.45) is 9.33. The molecule has 3 N–H and O–H groups in total. The highest BCUT2D eigenvalue weighted by atomic mass is 16.3. The average Bonchev–Trinajstić information content (AvgIpc) is 2.82. The van der Waals surface area contributed by atoms with Crippen molar-refractivity contribution >= 4 is 5.96 Å². The molecule has 0 bridgehead atoms. The lowest BCUT2D eigenvalue weighted by molar-refractivity contribution is 0.0521. The Hall–Kier alpha value is -0.770. The fourth-order valence-electron chi connectivity index (χ4n) is 3.35. The number of guanidine groups is 1. The molecule has 2 aliphatic rings. The lowest BCUT2D eigenvalue weighted by Gasteiger charge is -2.40. The van der Waals surface area contributed by atoms with Gasteiger partial charge in [-0.3, -0.25) is 4.99 Å². The fourth-order valence-corrected chi connectivity index (χ4v) is 3.35. The zero-order valence-corrected chi connectivity index (χ0v) is 13.2. The van der Waals surface area contributed by atoms with E-state index in [1.165, 1.54) is 25.7 Å². The summed E-state index contributed by atoms with van der Waals surface area (Å²) in [7, 11) is 0. The average molecular weight is 281 g/mol. The summed E-state index contributed by atoms with van der Waals surface area (Å²) in [5.41, 5.74) is -0.0677. The first-order valence-electron chi connectivity index (χ1n) is 8.36. The summed E-state index contributed by atoms with van der Waals surface area (Å²) in [5.74, 6) is 0.868. The molecule has 0 aromatic rings. The molecule has 0 aromatic heterocycles. The lowest BCUT2D eigenvalue weighted by atomic mass is 9.67. The van der Waals surface area contributed by atoms with Crippen molar-refractivity contribution in [1.29, 1.82) is 0 Å². The molecule has 0 radical (unpaired) electrons. The second-order valence-electron chi connectivity index (χ2n) is 6.69. The Morgan fingerprint density at radius 1 is 1.05 bits per heavy atom. The smallest absolute Gasteiger partial charge is 0.191 e. The van der Waals surface area contributed by atoms with Crippen LogP contribution in [0.3, 0.4) is 0 Å². The predicted octanol–water partition coefficient (Wildman–Crippen LogP) is 2.43. The number of hydrogen-bond acceptors (Lipinski definition) is 2. The molecule has 4 nitrogen and oxygen atoms in total. The van der Waals surface area contributed by atoms with Gasteiger partial charge < -0.3 is 15.7 Å². The minimum absolute atomic E-state index is 0.451. The van der Waals surface area contributed by atoms with Crippen molar-refractivity contribution < 1.29 is 5.11 Å². The first kappa shape index (κ1) is 15.6. The normalized spacial score (nSPS) is 24.2. The highest BCUT2D eigenvalue weighted by Gasteiger charge is 2.35. The van der Waals surface area contributed by atoms with E-state index in [1.54, 1.807) is 0 Å². The summed E-state index contributed by atoms with van der Waals surface area (Å²) < 4.78 is 0. The third-order valence-electron chi connectivity index (χ3n) is 5.20. The van der Waals surface area contributed by atoms with Crippen molar-refractivity contribution in [1.82, 2.24) is 10.6 Å². The number of nitrogens with one attached hydrogen (secondary N) is 2. The van der Waals surface area contributed by atoms with E-state index in [0.717, 1.165) is 44.7 Å². The molecule has 0 heterocycles. The Morgan fingerprint density at radius 2 is 1.75 bits per heavy atom. The van der Waals surface area contributed by atoms with Crippen LogP contribution in [0.15, 0.2) is 4.99 Å². The molecule has 2 saturated carbocycles. The number of aliphatic imine (C=N–C) groups is 1. The standard InChI is InChI=1S/C16H31N3O/c1-3-15(8-7-9-15)12-18-14(17-4-2)19-13-16(20)10-5-6-11-16/h20H,3-13H2,1-2H3,(H2,17,18,19). The number of hydrogen-bond donors (Lipinski definition) is 3. The Bertz CT molecular complexity index is 325. The van der Waals surface area contributed by atoms with Gasteiger partial charge >= 0.3 is 0 Å². The van der Waals surface area contributed by atoms with Crippen LogP contribution in [0.2, 0.25) is 0 Å². The molecule has 116 valence electrons. The number of aliphatic hydroxyl groups is 1. The topological polar surface area (TPSA) is 56.7 Å². The van der Waals surface area contributed by atoms with E-state index < -0.39 is 5.60 Å². The molecule has 0 saturated heterocycles. The van der Waals surface area contributed by atoms with Crippen LogP contribution >= 0.6 is 0 Å². The minimum atomic E-state index is -0.519. The second-order valence-corrected chi connectivity index (χ2v) is 6.69. The molecule has 4 heteroatoms. The van der Waals surface area contributed by atoms with Crippen LogP contribution in [-0.2, 0) is 0 Å². The molecular weight excluding hydrogens is 250 g/mol. The Labute approximate surface area is 123 Å². The first-order chi connectivity index (χ1) is 9.61. The van der Waals surface area contributed by atoms with Gasteiger partial charge in [-0.25, -0.2) is 0 Å². The minimum Gasteiger partial charge on any atom is -0.388 e. The van der Waals surface area contributed by atoms with Crippen LogP contribution < -0.4 is 10.6 Å². The molecule has 0 unspecified atom stereocenters. The van der Waals surface area contributed by atoms with Gasteiger partial charge in [-0.05, 0) is 44.4 Å². The Balaban J connectivity index is 1.85. The third-order valence-corrected chi connectivity index (χ3v) is 5.20. The summed E-state index contributed by atoms with van der Waals surface area (Å²) in [6.45, 7) is 6.76. The monoisotopic (exact) mass is 281 g/mol. The van der Waals surface area contributed by atoms with Crippen LogP contribution in [0.4, 0.5) is 0 Å². The van der Waals surface area contributed by atoms with Gasteiger partial charge in [0, 0.05) is 19.6 Å². The van der Waals surface area contributed by atoms with Crippen molar-refractivity contribution in [3.05, 3.63) is 0 Å². The molecule has 2 aliphatic carbocycles. The molecule has 0 aromatic carbocycles. The van der Waals surface area contributed by atoms with E-state index in [1.807, 2.05) is 0 Å².